The number of rotatable bonds is 6. The van der Waals surface area contributed by atoms with Crippen molar-refractivity contribution in [3.05, 3.63) is 35.0 Å². The van der Waals surface area contributed by atoms with Crippen LogP contribution in [0.25, 0.3) is 21.3 Å². The van der Waals surface area contributed by atoms with Gasteiger partial charge in [-0.3, -0.25) is 0 Å². The quantitative estimate of drug-likeness (QED) is 0.474. The number of ether oxygens (including phenoxy) is 1. The van der Waals surface area contributed by atoms with E-state index in [1.54, 1.807) is 11.3 Å². The van der Waals surface area contributed by atoms with Gasteiger partial charge in [-0.15, -0.1) is 11.3 Å². The number of aryl methyl sites for hydroxylation is 2. The Balaban J connectivity index is 2.11. The van der Waals surface area contributed by atoms with Crippen LogP contribution in [0.3, 0.4) is 0 Å². The van der Waals surface area contributed by atoms with Gasteiger partial charge in [-0.05, 0) is 64.2 Å². The van der Waals surface area contributed by atoms with E-state index in [9.17, 15) is 0 Å². The van der Waals surface area contributed by atoms with E-state index >= 15 is 0 Å². The van der Waals surface area contributed by atoms with Crippen molar-refractivity contribution >= 4 is 27.4 Å². The smallest absolute Gasteiger partial charge is 0.139 e. The lowest BCUT2D eigenvalue weighted by molar-refractivity contribution is 0.302. The maximum absolute atomic E-state index is 5.61. The Morgan fingerprint density at radius 1 is 1.00 bits per heavy atom. The zero-order valence-electron chi connectivity index (χ0n) is 18.9. The fourth-order valence-corrected chi connectivity index (χ4v) is 5.32. The van der Waals surface area contributed by atoms with Crippen molar-refractivity contribution < 1.29 is 4.74 Å². The minimum Gasteiger partial charge on any atom is -0.494 e. The van der Waals surface area contributed by atoms with Crippen LogP contribution in [0.15, 0.2) is 24.3 Å². The van der Waals surface area contributed by atoms with E-state index in [-0.39, 0.29) is 11.0 Å². The van der Waals surface area contributed by atoms with Crippen LogP contribution in [0.4, 0.5) is 5.82 Å². The Morgan fingerprint density at radius 3 is 2.24 bits per heavy atom. The number of aromatic nitrogens is 2. The third-order valence-corrected chi connectivity index (χ3v) is 5.72. The lowest BCUT2D eigenvalue weighted by Gasteiger charge is -2.34. The summed E-state index contributed by atoms with van der Waals surface area (Å²) in [6.45, 7) is 18.1. The van der Waals surface area contributed by atoms with Gasteiger partial charge in [0.2, 0.25) is 0 Å². The van der Waals surface area contributed by atoms with Crippen LogP contribution in [0, 0.1) is 19.3 Å². The molecule has 0 amide bonds. The normalized spacial score (nSPS) is 12.4. The van der Waals surface area contributed by atoms with Gasteiger partial charge >= 0.3 is 0 Å². The number of anilines is 1. The molecule has 0 aliphatic rings. The van der Waals surface area contributed by atoms with Crippen LogP contribution in [-0.2, 0) is 0 Å². The second-order valence-corrected chi connectivity index (χ2v) is 10.7. The van der Waals surface area contributed by atoms with E-state index in [2.05, 4.69) is 59.0 Å². The molecule has 0 saturated heterocycles. The Labute approximate surface area is 178 Å². The molecule has 4 nitrogen and oxygen atoms in total. The van der Waals surface area contributed by atoms with Gasteiger partial charge in [0.25, 0.3) is 0 Å². The highest BCUT2D eigenvalue weighted by Gasteiger charge is 2.28. The SMILES string of the molecule is CCOc1ccc(-c2c(C)sc3nc(C)nc(NC(C)(C)CC(C)(C)C)c23)cc1. The zero-order chi connectivity index (χ0) is 21.4. The minimum atomic E-state index is -0.0854. The summed E-state index contributed by atoms with van der Waals surface area (Å²) in [5.41, 5.74) is 2.52. The minimum absolute atomic E-state index is 0.0854. The third kappa shape index (κ3) is 5.08. The first-order chi connectivity index (χ1) is 13.5. The summed E-state index contributed by atoms with van der Waals surface area (Å²) >= 11 is 1.73. The van der Waals surface area contributed by atoms with Crippen molar-refractivity contribution in [1.82, 2.24) is 9.97 Å². The first kappa shape index (κ1) is 21.6. The molecule has 0 unspecified atom stereocenters. The van der Waals surface area contributed by atoms with Crippen molar-refractivity contribution in [3.63, 3.8) is 0 Å². The standard InChI is InChI=1S/C24H33N3OS/c1-9-28-18-12-10-17(11-13-18)19-15(2)29-22-20(19)21(25-16(3)26-22)27-24(7,8)14-23(4,5)6/h10-13H,9,14H2,1-8H3,(H,25,26,27). The largest absolute Gasteiger partial charge is 0.494 e. The summed E-state index contributed by atoms with van der Waals surface area (Å²) in [5.74, 6) is 2.62. The number of hydrogen-bond acceptors (Lipinski definition) is 5. The van der Waals surface area contributed by atoms with Gasteiger partial charge in [0.1, 0.15) is 22.2 Å². The molecule has 1 aromatic carbocycles. The van der Waals surface area contributed by atoms with Crippen molar-refractivity contribution in [1.29, 1.82) is 0 Å². The molecule has 0 fully saturated rings. The fourth-order valence-electron chi connectivity index (χ4n) is 4.23. The second kappa shape index (κ2) is 7.94. The van der Waals surface area contributed by atoms with Gasteiger partial charge in [0.05, 0.1) is 12.0 Å². The van der Waals surface area contributed by atoms with Crippen molar-refractivity contribution in [2.45, 2.75) is 67.3 Å². The van der Waals surface area contributed by atoms with E-state index in [1.165, 1.54) is 16.0 Å². The van der Waals surface area contributed by atoms with Crippen LogP contribution < -0.4 is 10.1 Å². The molecule has 1 N–H and O–H groups in total. The number of fused-ring (bicyclic) bond motifs is 1. The van der Waals surface area contributed by atoms with Gasteiger partial charge in [-0.2, -0.15) is 0 Å². The first-order valence-electron chi connectivity index (χ1n) is 10.3. The van der Waals surface area contributed by atoms with Crippen molar-refractivity contribution in [2.75, 3.05) is 11.9 Å². The number of nitrogens with zero attached hydrogens (tertiary/aromatic N) is 2. The maximum Gasteiger partial charge on any atom is 0.139 e. The molecule has 0 spiro atoms. The van der Waals surface area contributed by atoms with Gasteiger partial charge in [0.15, 0.2) is 0 Å². The van der Waals surface area contributed by atoms with Gasteiger partial charge in [-0.25, -0.2) is 9.97 Å². The van der Waals surface area contributed by atoms with Gasteiger partial charge in [0, 0.05) is 16.0 Å². The average Bonchev–Trinajstić information content (AvgIpc) is 2.89. The number of benzene rings is 1. The highest BCUT2D eigenvalue weighted by molar-refractivity contribution is 7.19. The van der Waals surface area contributed by atoms with Crippen LogP contribution in [0.5, 0.6) is 5.75 Å². The zero-order valence-corrected chi connectivity index (χ0v) is 19.8. The first-order valence-corrected chi connectivity index (χ1v) is 11.1. The van der Waals surface area contributed by atoms with E-state index < -0.39 is 0 Å². The Bertz CT molecular complexity index is 998. The molecule has 0 aliphatic carbocycles. The van der Waals surface area contributed by atoms with Crippen LogP contribution in [-0.4, -0.2) is 22.1 Å². The Morgan fingerprint density at radius 2 is 1.66 bits per heavy atom. The highest BCUT2D eigenvalue weighted by Crippen LogP contribution is 2.42. The lowest BCUT2D eigenvalue weighted by atomic mass is 9.82. The fraction of sp³-hybridized carbons (Fsp3) is 0.500. The molecular weight excluding hydrogens is 378 g/mol. The highest BCUT2D eigenvalue weighted by atomic mass is 32.1. The molecule has 2 heterocycles. The van der Waals surface area contributed by atoms with E-state index in [0.29, 0.717) is 6.61 Å². The van der Waals surface area contributed by atoms with Crippen LogP contribution >= 0.6 is 11.3 Å². The van der Waals surface area contributed by atoms with Crippen LogP contribution in [0.1, 0.15) is 58.7 Å². The van der Waals surface area contributed by atoms with Gasteiger partial charge in [-0.1, -0.05) is 32.9 Å². The molecule has 0 aliphatic heterocycles. The molecule has 2 aromatic heterocycles. The van der Waals surface area contributed by atoms with Crippen LogP contribution in [0.2, 0.25) is 0 Å². The molecule has 3 rings (SSSR count). The molecule has 29 heavy (non-hydrogen) atoms. The summed E-state index contributed by atoms with van der Waals surface area (Å²) in [4.78, 5) is 11.8. The third-order valence-electron chi connectivity index (χ3n) is 4.72. The van der Waals surface area contributed by atoms with E-state index in [0.717, 1.165) is 34.0 Å². The van der Waals surface area contributed by atoms with E-state index in [1.807, 2.05) is 26.0 Å². The summed E-state index contributed by atoms with van der Waals surface area (Å²) < 4.78 is 5.61. The molecule has 0 saturated carbocycles. The topological polar surface area (TPSA) is 47.0 Å². The molecule has 0 atom stereocenters. The number of nitrogens with one attached hydrogen (secondary N) is 1. The van der Waals surface area contributed by atoms with Crippen molar-refractivity contribution in [3.8, 4) is 16.9 Å². The molecule has 5 heteroatoms. The lowest BCUT2D eigenvalue weighted by Crippen LogP contribution is -2.35. The van der Waals surface area contributed by atoms with E-state index in [4.69, 9.17) is 14.7 Å². The Hall–Kier alpha value is -2.14. The van der Waals surface area contributed by atoms with Gasteiger partial charge < -0.3 is 10.1 Å². The maximum atomic E-state index is 5.61. The second-order valence-electron chi connectivity index (χ2n) is 9.54. The molecule has 3 aromatic rings. The summed E-state index contributed by atoms with van der Waals surface area (Å²) in [6, 6.07) is 8.33. The molecule has 0 radical (unpaired) electrons. The summed E-state index contributed by atoms with van der Waals surface area (Å²) in [5, 5.41) is 4.86. The number of thiophene rings is 1. The predicted octanol–water partition coefficient (Wildman–Crippen LogP) is 7.00. The Kier molecular flexibility index (Phi) is 5.91. The van der Waals surface area contributed by atoms with Crippen molar-refractivity contribution in [2.24, 2.45) is 5.41 Å². The summed E-state index contributed by atoms with van der Waals surface area (Å²) in [7, 11) is 0. The molecule has 156 valence electrons. The molecular formula is C24H33N3OS. The molecule has 0 bridgehead atoms. The predicted molar refractivity (Wildman–Crippen MR) is 125 cm³/mol. The summed E-state index contributed by atoms with van der Waals surface area (Å²) in [6.07, 6.45) is 1.03. The average molecular weight is 412 g/mol. The number of hydrogen-bond donors (Lipinski definition) is 1. The monoisotopic (exact) mass is 411 g/mol.